The Morgan fingerprint density at radius 1 is 1.09 bits per heavy atom. The number of hydrogen-bond acceptors (Lipinski definition) is 8. The van der Waals surface area contributed by atoms with E-state index in [9.17, 15) is 19.6 Å². The molecule has 4 N–H and O–H groups in total. The molecule has 0 radical (unpaired) electrons. The first kappa shape index (κ1) is 34.2. The number of aromatic nitrogens is 1. The highest BCUT2D eigenvalue weighted by atomic mass is 35.5. The van der Waals surface area contributed by atoms with Crippen LogP contribution in [0.25, 0.3) is 22.3 Å². The summed E-state index contributed by atoms with van der Waals surface area (Å²) in [5, 5.41) is 32.1. The second kappa shape index (κ2) is 15.5. The van der Waals surface area contributed by atoms with Gasteiger partial charge in [0.05, 0.1) is 12.7 Å². The third-order valence-corrected chi connectivity index (χ3v) is 8.34. The van der Waals surface area contributed by atoms with Gasteiger partial charge in [-0.2, -0.15) is 5.26 Å². The Morgan fingerprint density at radius 3 is 2.41 bits per heavy atom. The maximum Gasteiger partial charge on any atom is 0.243 e. The first-order valence-corrected chi connectivity index (χ1v) is 14.9. The van der Waals surface area contributed by atoms with Crippen molar-refractivity contribution in [1.29, 1.82) is 5.26 Å². The van der Waals surface area contributed by atoms with Crippen molar-refractivity contribution >= 4 is 24.1 Å². The summed E-state index contributed by atoms with van der Waals surface area (Å²) >= 11 is 0. The zero-order valence-electron chi connectivity index (χ0n) is 25.7. The third-order valence-electron chi connectivity index (χ3n) is 8.34. The number of amides is 1. The Labute approximate surface area is 274 Å². The quantitative estimate of drug-likeness (QED) is 0.121. The highest BCUT2D eigenvalue weighted by molar-refractivity contribution is 5.88. The molecule has 240 valence electrons. The lowest BCUT2D eigenvalue weighted by molar-refractivity contribution is -0.129. The summed E-state index contributed by atoms with van der Waals surface area (Å²) in [6.07, 6.45) is 4.41. The van der Waals surface area contributed by atoms with Crippen LogP contribution in [-0.4, -0.2) is 47.4 Å². The molecule has 4 aromatic rings. The minimum Gasteiger partial charge on any atom is -0.504 e. The van der Waals surface area contributed by atoms with Crippen molar-refractivity contribution in [1.82, 2.24) is 15.8 Å². The van der Waals surface area contributed by atoms with Crippen molar-refractivity contribution in [2.24, 2.45) is 0 Å². The number of aryl methyl sites for hydroxylation is 1. The molecule has 0 unspecified atom stereocenters. The fourth-order valence-electron chi connectivity index (χ4n) is 5.82. The van der Waals surface area contributed by atoms with Gasteiger partial charge in [-0.05, 0) is 78.3 Å². The van der Waals surface area contributed by atoms with E-state index in [0.29, 0.717) is 29.3 Å². The lowest BCUT2D eigenvalue weighted by atomic mass is 9.91. The second-order valence-electron chi connectivity index (χ2n) is 11.2. The number of nitrogens with one attached hydrogen (secondary N) is 2. The number of nitrogens with zero attached hydrogens (tertiary/aromatic N) is 3. The molecule has 1 saturated heterocycles. The van der Waals surface area contributed by atoms with Gasteiger partial charge in [-0.1, -0.05) is 36.4 Å². The number of benzene rings is 3. The van der Waals surface area contributed by atoms with Crippen LogP contribution >= 0.6 is 12.4 Å². The number of phenolic OH excluding ortho intramolecular Hbond substituents is 1. The van der Waals surface area contributed by atoms with Gasteiger partial charge in [0.15, 0.2) is 11.5 Å². The number of aromatic hydroxyl groups is 1. The molecule has 1 aliphatic rings. The Bertz CT molecular complexity index is 1720. The van der Waals surface area contributed by atoms with Crippen LogP contribution in [0, 0.1) is 24.1 Å². The highest BCUT2D eigenvalue weighted by Crippen LogP contribution is 2.41. The van der Waals surface area contributed by atoms with E-state index in [1.807, 2.05) is 31.2 Å². The number of piperidine rings is 1. The number of halogens is 2. The fraction of sp³-hybridized carbons (Fsp3) is 0.286. The van der Waals surface area contributed by atoms with Crippen molar-refractivity contribution < 1.29 is 24.2 Å². The van der Waals surface area contributed by atoms with Crippen LogP contribution in [0.2, 0.25) is 0 Å². The smallest absolute Gasteiger partial charge is 0.243 e. The summed E-state index contributed by atoms with van der Waals surface area (Å²) in [5.74, 6) is 0.174. The molecule has 3 aromatic carbocycles. The van der Waals surface area contributed by atoms with Crippen LogP contribution in [0.1, 0.15) is 41.5 Å². The first-order chi connectivity index (χ1) is 21.8. The molecule has 0 saturated carbocycles. The molecule has 5 rings (SSSR count). The number of carbonyl (C=O) groups excluding carboxylic acids is 1. The van der Waals surface area contributed by atoms with Crippen LogP contribution in [0.5, 0.6) is 11.5 Å². The first-order valence-electron chi connectivity index (χ1n) is 14.9. The third kappa shape index (κ3) is 7.74. The van der Waals surface area contributed by atoms with Crippen LogP contribution in [0.4, 0.5) is 10.2 Å². The topological polar surface area (TPSA) is 131 Å². The number of ether oxygens (including phenoxy) is 1. The van der Waals surface area contributed by atoms with Crippen molar-refractivity contribution in [3.63, 3.8) is 0 Å². The number of nitriles is 1. The van der Waals surface area contributed by atoms with E-state index in [2.05, 4.69) is 22.3 Å². The van der Waals surface area contributed by atoms with Crippen LogP contribution < -0.4 is 20.4 Å². The molecule has 1 aliphatic heterocycles. The van der Waals surface area contributed by atoms with Gasteiger partial charge in [0.2, 0.25) is 5.91 Å². The number of pyridine rings is 1. The molecule has 0 spiro atoms. The standard InChI is InChI=1S/C35H36FN5O4.ClH/c1-22-34(26-8-9-27(19-37)30(36)17-26)29(25-10-11-32(45-2)31(42)18-25)21-39-35(22)41-15-13-28(14-16-41)38-20-24-5-3-23(4-6-24)7-12-33(43)40-44;/h3-6,8-11,17-18,21,28,38,42,44H,7,12-16,20H2,1-2H3,(H,40,43);1H. The van der Waals surface area contributed by atoms with Gasteiger partial charge < -0.3 is 20.1 Å². The maximum absolute atomic E-state index is 14.8. The van der Waals surface area contributed by atoms with Crippen molar-refractivity contribution in [2.75, 3.05) is 25.1 Å². The zero-order chi connectivity index (χ0) is 31.9. The number of hydrogen-bond donors (Lipinski definition) is 4. The van der Waals surface area contributed by atoms with Gasteiger partial charge >= 0.3 is 0 Å². The summed E-state index contributed by atoms with van der Waals surface area (Å²) in [4.78, 5) is 18.4. The summed E-state index contributed by atoms with van der Waals surface area (Å²) in [6, 6.07) is 20.1. The van der Waals surface area contributed by atoms with Crippen LogP contribution in [0.15, 0.2) is 66.9 Å². The van der Waals surface area contributed by atoms with E-state index in [0.717, 1.165) is 66.1 Å². The number of methoxy groups -OCH3 is 1. The van der Waals surface area contributed by atoms with E-state index in [1.54, 1.807) is 29.9 Å². The minimum absolute atomic E-state index is 0. The monoisotopic (exact) mass is 645 g/mol. The van der Waals surface area contributed by atoms with E-state index >= 15 is 0 Å². The lowest BCUT2D eigenvalue weighted by Crippen LogP contribution is -2.42. The Morgan fingerprint density at radius 2 is 1.78 bits per heavy atom. The molecule has 0 bridgehead atoms. The number of phenols is 1. The number of hydroxylamine groups is 1. The molecular weight excluding hydrogens is 609 g/mol. The second-order valence-corrected chi connectivity index (χ2v) is 11.2. The van der Waals surface area contributed by atoms with E-state index in [-0.39, 0.29) is 30.1 Å². The van der Waals surface area contributed by atoms with Gasteiger partial charge in [-0.15, -0.1) is 12.4 Å². The lowest BCUT2D eigenvalue weighted by Gasteiger charge is -2.35. The van der Waals surface area contributed by atoms with Gasteiger partial charge in [-0.25, -0.2) is 14.9 Å². The van der Waals surface area contributed by atoms with Crippen LogP contribution in [-0.2, 0) is 17.8 Å². The summed E-state index contributed by atoms with van der Waals surface area (Å²) < 4.78 is 20.0. The van der Waals surface area contributed by atoms with Crippen molar-refractivity contribution in [2.45, 2.75) is 45.2 Å². The van der Waals surface area contributed by atoms with E-state index < -0.39 is 11.7 Å². The average molecular weight is 646 g/mol. The average Bonchev–Trinajstić information content (AvgIpc) is 3.06. The van der Waals surface area contributed by atoms with E-state index in [1.165, 1.54) is 19.2 Å². The Hall–Kier alpha value is -4.69. The molecule has 1 amide bonds. The Balaban J connectivity index is 0.00000480. The number of anilines is 1. The highest BCUT2D eigenvalue weighted by Gasteiger charge is 2.24. The van der Waals surface area contributed by atoms with E-state index in [4.69, 9.17) is 14.9 Å². The summed E-state index contributed by atoms with van der Waals surface area (Å²) in [5.41, 5.74) is 7.57. The molecule has 0 atom stereocenters. The SMILES string of the molecule is COc1ccc(-c2cnc(N3CCC(NCc4ccc(CCC(=O)NO)cc4)CC3)c(C)c2-c2ccc(C#N)c(F)c2)cc1O.Cl. The normalized spacial score (nSPS) is 13.1. The predicted octanol–water partition coefficient (Wildman–Crippen LogP) is 6.07. The fourth-order valence-corrected chi connectivity index (χ4v) is 5.82. The Kier molecular flexibility index (Phi) is 11.6. The number of carbonyl (C=O) groups is 1. The largest absolute Gasteiger partial charge is 0.504 e. The van der Waals surface area contributed by atoms with Crippen molar-refractivity contribution in [3.8, 4) is 39.8 Å². The summed E-state index contributed by atoms with van der Waals surface area (Å²) in [6.45, 7) is 4.30. The minimum atomic E-state index is -0.591. The van der Waals surface area contributed by atoms with Gasteiger partial charge in [-0.3, -0.25) is 10.0 Å². The molecule has 1 fully saturated rings. The van der Waals surface area contributed by atoms with Gasteiger partial charge in [0.25, 0.3) is 0 Å². The molecule has 1 aromatic heterocycles. The van der Waals surface area contributed by atoms with Crippen LogP contribution in [0.3, 0.4) is 0 Å². The zero-order valence-corrected chi connectivity index (χ0v) is 26.5. The number of rotatable bonds is 10. The van der Waals surface area contributed by atoms with Gasteiger partial charge in [0.1, 0.15) is 17.7 Å². The predicted molar refractivity (Wildman–Crippen MR) is 177 cm³/mol. The van der Waals surface area contributed by atoms with Crippen molar-refractivity contribution in [3.05, 3.63) is 94.9 Å². The van der Waals surface area contributed by atoms with Gasteiger partial charge in [0, 0.05) is 49.4 Å². The molecule has 2 heterocycles. The maximum atomic E-state index is 14.8. The molecule has 9 nitrogen and oxygen atoms in total. The molecule has 46 heavy (non-hydrogen) atoms. The molecule has 0 aliphatic carbocycles. The molecular formula is C35H37ClFN5O4. The molecule has 11 heteroatoms. The summed E-state index contributed by atoms with van der Waals surface area (Å²) in [7, 11) is 1.49.